The van der Waals surface area contributed by atoms with Crippen molar-refractivity contribution in [1.82, 2.24) is 96.8 Å². The lowest BCUT2D eigenvalue weighted by Crippen LogP contribution is -2.33. The molecule has 0 bridgehead atoms. The van der Waals surface area contributed by atoms with Crippen molar-refractivity contribution >= 4 is 181 Å². The molecule has 28 atom stereocenters. The molecule has 145 heavy (non-hydrogen) atoms. The van der Waals surface area contributed by atoms with E-state index < -0.39 is 274 Å². The quantitative estimate of drug-likeness (QED) is 0.0238. The lowest BCUT2D eigenvalue weighted by molar-refractivity contribution is -0.0577. The van der Waals surface area contributed by atoms with Crippen molar-refractivity contribution in [3.63, 3.8) is 0 Å². The lowest BCUT2D eigenvalue weighted by Gasteiger charge is -2.29. The molecule has 790 valence electrons. The number of aromatic amines is 4. The van der Waals surface area contributed by atoms with E-state index in [0.717, 1.165) is 31.7 Å². The summed E-state index contributed by atoms with van der Waals surface area (Å²) >= 11 is 39.0. The van der Waals surface area contributed by atoms with E-state index in [2.05, 4.69) is 64.8 Å². The minimum Gasteiger partial charge on any atom is -0.382 e. The second-order valence-corrected chi connectivity index (χ2v) is 53.5. The number of nitrogens with zero attached hydrogens (tertiary/aromatic N) is 16. The maximum absolute atomic E-state index is 13.6. The van der Waals surface area contributed by atoms with Crippen molar-refractivity contribution in [1.29, 1.82) is 0 Å². The Bertz CT molecular complexity index is 7470. The Morgan fingerprint density at radius 3 is 0.717 bits per heavy atom. The van der Waals surface area contributed by atoms with E-state index in [-0.39, 0.29) is 94.1 Å². The number of hydrogen-bond acceptors (Lipinski definition) is 48. The van der Waals surface area contributed by atoms with Crippen LogP contribution in [0.25, 0.3) is 33.5 Å². The number of anilines is 3. The molecule has 7 fully saturated rings. The topological polar surface area (TPSA) is 764 Å². The molecule has 7 saturated heterocycles. The number of aromatic nitrogens is 20. The smallest absolute Gasteiger partial charge is 0.330 e. The van der Waals surface area contributed by atoms with Crippen LogP contribution in [0.1, 0.15) is 124 Å². The molecule has 7 aliphatic rings. The van der Waals surface area contributed by atoms with Crippen LogP contribution < -0.4 is 62.2 Å². The normalized spacial score (nSPS) is 29.6. The molecule has 0 amide bonds. The van der Waals surface area contributed by atoms with E-state index in [9.17, 15) is 72.6 Å². The molecule has 17 rings (SSSR count). The maximum atomic E-state index is 13.6. The molecule has 7 unspecified atom stereocenters. The van der Waals surface area contributed by atoms with Gasteiger partial charge in [-0.1, -0.05) is 6.92 Å². The van der Waals surface area contributed by atoms with Crippen molar-refractivity contribution in [2.75, 3.05) is 64.0 Å². The zero-order chi connectivity index (χ0) is 104. The summed E-state index contributed by atoms with van der Waals surface area (Å²) in [4.78, 5) is 235. The minimum atomic E-state index is -4.77. The van der Waals surface area contributed by atoms with Gasteiger partial charge in [0.05, 0.1) is 107 Å². The summed E-state index contributed by atoms with van der Waals surface area (Å²) in [6.07, 6.45) is -15.1. The second-order valence-electron chi connectivity index (χ2n) is 33.9. The third-order valence-electron chi connectivity index (χ3n) is 24.1. The highest BCUT2D eigenvalue weighted by Crippen LogP contribution is 2.59. The highest BCUT2D eigenvalue weighted by Gasteiger charge is 2.52. The number of rotatable bonds is 41. The molecule has 17 N–H and O–H groups in total. The molecule has 7 aliphatic heterocycles. The SMILES string of the molecule is CC[C@H]1O[C@@H](n2cnc3c(N)ncnc32)C[C@H]1OP(O)(=S)OC[C@H]1O[C@@H](n2cc(C)c(=O)[nH]c2=O)C[C@H]1OP(O)(=S)OC[C@H]1O[C@@H](n2cc(C)c(=O)[nH]c2=O)C[C@H]1OP(O)(=S)OC[C@H]1O[C@@H](n2cc(C)c(=O)[nH]c2=O)C[C@H]1OP(O)(=S)OC[C@H]1O[C@@H](n2cnc3c(N)ncnc32)C[C@H]1OP(O)(=S)OC[C@H]1O[C@@H](n2cc(C)c(=O)[nH]c2=O)C[C@H]1OP(O)(=S)OC[C@H]1O[C@@H](n2cnc3c(N)ncnc32)C[C@H]1OP(O)(=S)OC. The van der Waals surface area contributed by atoms with Gasteiger partial charge >= 0.3 is 69.8 Å². The van der Waals surface area contributed by atoms with Gasteiger partial charge in [-0.15, -0.1) is 0 Å². The first-order valence-corrected chi connectivity index (χ1v) is 61.7. The molecular formula is C72H94N23O36P7S7. The number of ether oxygens (including phenoxy) is 7. The Morgan fingerprint density at radius 1 is 0.317 bits per heavy atom. The highest BCUT2D eigenvalue weighted by atomic mass is 32.5. The highest BCUT2D eigenvalue weighted by molar-refractivity contribution is 8.09. The number of aryl methyl sites for hydroxylation is 4. The van der Waals surface area contributed by atoms with Crippen LogP contribution in [-0.2, 0) is 179 Å². The van der Waals surface area contributed by atoms with E-state index in [1.807, 2.05) is 6.92 Å². The average molecular weight is 2300 g/mol. The zero-order valence-corrected chi connectivity index (χ0v) is 88.1. The molecule has 10 aromatic heterocycles. The first kappa shape index (κ1) is 109. The summed E-state index contributed by atoms with van der Waals surface area (Å²) in [7, 11) is 1.14. The fourth-order valence-electron chi connectivity index (χ4n) is 17.0. The standard InChI is InChI=1S/C72H94N23O36P7S7/c1-7-35-36(8-53(118-35)93-28-82-56-59(73)76-25-79-62(56)93)126-133(105,140)112-20-44-38(9-49(119-44)89-15-31(2)65(96)85-69(89)100)128-135(107,142)114-21-45-40(11-51(120-45)91-17-33(4)67(98)87-71(91)102)129-136(108,143)115-22-46-41(12-52(121-46)92-18-34(5)68(99)88-72(92)103)130-137(109,144)117-24-48-42(14-55(124-48)95-30-84-58-61(75)78-27-81-64(58)95)131-138(110,145)116-23-47-39(10-50(122-47)90-16-32(3)66(97)86-70(90)101)127-134(106,141)113-19-43-37(125-132(104,139)111-6)13-54(123-43)94-29-83-57-60(74)77-26-80-63(57)94/h15-18,25-30,35-55H,7-14,19-24H2,1-6H3,(H,104,139)(H,105,140)(H,106,141)(H,107,142)(H,108,143)(H,109,144)(H,110,145)(H2,73,76,79)(H2,74,77,80)(H2,75,78,81)(H,85,96,100)(H,86,97,101)(H,87,98,102)(H,88,99,103)/t35-,36-,37-,38-,39-,40-,41-,42-,43-,44-,45-,46-,47-,48-,49-,50-,51-,52-,53-,54-,55-,132?,133?,134?,135?,136?,137?,138?/m1/s1. The molecule has 73 heteroatoms. The van der Waals surface area contributed by atoms with Crippen LogP contribution in [0, 0.1) is 27.7 Å². The van der Waals surface area contributed by atoms with Crippen LogP contribution in [0.15, 0.2) is 101 Å². The maximum Gasteiger partial charge on any atom is 0.330 e. The summed E-state index contributed by atoms with van der Waals surface area (Å²) in [6.45, 7) is -28.6. The number of nitrogens with two attached hydrogens (primary N) is 3. The van der Waals surface area contributed by atoms with Crippen LogP contribution >= 0.6 is 47.0 Å². The van der Waals surface area contributed by atoms with Crippen molar-refractivity contribution in [2.24, 2.45) is 0 Å². The lowest BCUT2D eigenvalue weighted by atomic mass is 10.1. The van der Waals surface area contributed by atoms with Gasteiger partial charge in [0.1, 0.15) is 116 Å². The molecule has 0 aliphatic carbocycles. The Kier molecular flexibility index (Phi) is 33.3. The number of nitrogens with one attached hydrogen (secondary N) is 4. The van der Waals surface area contributed by atoms with Crippen LogP contribution in [0.4, 0.5) is 17.5 Å². The Labute approximate surface area is 849 Å². The van der Waals surface area contributed by atoms with E-state index in [1.54, 1.807) is 4.57 Å². The van der Waals surface area contributed by atoms with Crippen molar-refractivity contribution < 1.29 is 131 Å². The van der Waals surface area contributed by atoms with Gasteiger partial charge < -0.3 is 148 Å². The number of nitrogen functional groups attached to an aromatic ring is 3. The first-order valence-electron chi connectivity index (χ1n) is 43.6. The second kappa shape index (κ2) is 44.1. The largest absolute Gasteiger partial charge is 0.382 e. The monoisotopic (exact) mass is 2300 g/mol. The predicted octanol–water partition coefficient (Wildman–Crippen LogP) is 1.07. The van der Waals surface area contributed by atoms with Gasteiger partial charge in [-0.05, 0) is 117 Å². The van der Waals surface area contributed by atoms with E-state index in [0.29, 0.717) is 17.6 Å². The predicted molar refractivity (Wildman–Crippen MR) is 526 cm³/mol. The van der Waals surface area contributed by atoms with Gasteiger partial charge in [0.15, 0.2) is 34.4 Å². The van der Waals surface area contributed by atoms with Gasteiger partial charge in [-0.3, -0.25) is 71.1 Å². The van der Waals surface area contributed by atoms with Gasteiger partial charge in [-0.25, -0.2) is 64.0 Å². The minimum absolute atomic E-state index is 0.0202. The van der Waals surface area contributed by atoms with Crippen molar-refractivity contribution in [3.8, 4) is 0 Å². The first-order chi connectivity index (χ1) is 68.4. The zero-order valence-electron chi connectivity index (χ0n) is 76.1. The van der Waals surface area contributed by atoms with Gasteiger partial charge in [0, 0.05) is 99.1 Å². The van der Waals surface area contributed by atoms with Crippen LogP contribution in [0.2, 0.25) is 0 Å². The molecule has 0 saturated carbocycles. The third-order valence-corrected chi connectivity index (χ3v) is 35.3. The third kappa shape index (κ3) is 25.4. The molecule has 17 heterocycles. The Hall–Kier alpha value is -6.80. The summed E-state index contributed by atoms with van der Waals surface area (Å²) in [5.41, 5.74) is 13.4. The Balaban J connectivity index is 0.578. The fourth-order valence-corrected chi connectivity index (χ4v) is 26.8. The molecule has 0 radical (unpaired) electrons. The number of fused-ring (bicyclic) bond motifs is 3. The van der Waals surface area contributed by atoms with Gasteiger partial charge in [0.2, 0.25) is 0 Å². The van der Waals surface area contributed by atoms with Crippen molar-refractivity contribution in [3.05, 3.63) is 168 Å². The molecule has 59 nitrogen and oxygen atoms in total. The van der Waals surface area contributed by atoms with Crippen LogP contribution in [0.3, 0.4) is 0 Å². The molecule has 0 aromatic carbocycles. The summed E-state index contributed by atoms with van der Waals surface area (Å²) in [5.74, 6) is 0.186. The summed E-state index contributed by atoms with van der Waals surface area (Å²) < 4.78 is 137. The van der Waals surface area contributed by atoms with Crippen LogP contribution in [0.5, 0.6) is 0 Å². The van der Waals surface area contributed by atoms with Crippen molar-refractivity contribution in [2.45, 2.75) is 215 Å². The number of H-pyrrole nitrogens is 4. The molecule has 10 aromatic rings. The van der Waals surface area contributed by atoms with E-state index in [4.69, 9.17) is 196 Å². The van der Waals surface area contributed by atoms with Gasteiger partial charge in [0.25, 0.3) is 22.2 Å². The molecular weight excluding hydrogens is 2200 g/mol. The number of hydrogen-bond donors (Lipinski definition) is 14. The Morgan fingerprint density at radius 2 is 0.510 bits per heavy atom. The fraction of sp³-hybridized carbons (Fsp3) is 0.569. The molecule has 0 spiro atoms. The summed E-state index contributed by atoms with van der Waals surface area (Å²) in [5, 5.41) is 0. The average Bonchev–Trinajstić information content (AvgIpc) is 1.63. The number of imidazole rings is 3. The summed E-state index contributed by atoms with van der Waals surface area (Å²) in [6, 6.07) is 0. The van der Waals surface area contributed by atoms with E-state index in [1.165, 1.54) is 93.3 Å². The van der Waals surface area contributed by atoms with Crippen LogP contribution in [-0.4, -0.2) is 263 Å². The van der Waals surface area contributed by atoms with Gasteiger partial charge in [-0.2, -0.15) is 0 Å². The van der Waals surface area contributed by atoms with E-state index >= 15 is 0 Å².